The number of anilines is 1. The summed E-state index contributed by atoms with van der Waals surface area (Å²) in [6, 6.07) is 5.61. The minimum atomic E-state index is -0.172. The van der Waals surface area contributed by atoms with Gasteiger partial charge in [0.15, 0.2) is 9.50 Å². The summed E-state index contributed by atoms with van der Waals surface area (Å²) in [6.45, 7) is 2.45. The average molecular weight is 602 g/mol. The predicted molar refractivity (Wildman–Crippen MR) is 159 cm³/mol. The summed E-state index contributed by atoms with van der Waals surface area (Å²) in [5, 5.41) is 4.25. The highest BCUT2D eigenvalue weighted by molar-refractivity contribution is 8.01. The number of fused-ring (bicyclic) bond motifs is 4. The van der Waals surface area contributed by atoms with Crippen LogP contribution in [-0.2, 0) is 34.2 Å². The van der Waals surface area contributed by atoms with Gasteiger partial charge >= 0.3 is 0 Å². The summed E-state index contributed by atoms with van der Waals surface area (Å²) in [5.41, 5.74) is 2.66. The van der Waals surface area contributed by atoms with Gasteiger partial charge in [-0.3, -0.25) is 19.0 Å². The number of aryl methyl sites for hydroxylation is 2. The van der Waals surface area contributed by atoms with E-state index in [1.165, 1.54) is 45.3 Å². The highest BCUT2D eigenvalue weighted by atomic mass is 32.2. The van der Waals surface area contributed by atoms with Crippen LogP contribution in [0.5, 0.6) is 0 Å². The number of amides is 2. The van der Waals surface area contributed by atoms with Gasteiger partial charge in [0, 0.05) is 30.7 Å². The Bertz CT molecular complexity index is 1620. The normalized spacial score (nSPS) is 15.6. The molecule has 1 aliphatic carbocycles. The molecule has 9 nitrogen and oxygen atoms in total. The fraction of sp³-hybridized carbons (Fsp3) is 0.423. The maximum absolute atomic E-state index is 13.1. The Morgan fingerprint density at radius 3 is 2.74 bits per heavy atom. The third-order valence-electron chi connectivity index (χ3n) is 6.82. The summed E-state index contributed by atoms with van der Waals surface area (Å²) in [6.07, 6.45) is 4.23. The number of rotatable bonds is 7. The zero-order valence-corrected chi connectivity index (χ0v) is 24.6. The first-order valence-electron chi connectivity index (χ1n) is 12.8. The lowest BCUT2D eigenvalue weighted by Gasteiger charge is -2.26. The molecule has 0 spiro atoms. The van der Waals surface area contributed by atoms with Crippen LogP contribution in [0.2, 0.25) is 0 Å². The molecule has 0 bridgehead atoms. The monoisotopic (exact) mass is 601 g/mol. The first-order valence-corrected chi connectivity index (χ1v) is 16.4. The van der Waals surface area contributed by atoms with Gasteiger partial charge in [0.25, 0.3) is 5.56 Å². The molecule has 0 saturated carbocycles. The number of thiazole rings is 1. The van der Waals surface area contributed by atoms with Crippen LogP contribution in [0, 0.1) is 0 Å². The largest absolute Gasteiger partial charge is 0.378 e. The van der Waals surface area contributed by atoms with Gasteiger partial charge < -0.3 is 15.0 Å². The number of nitrogens with one attached hydrogen (secondary N) is 1. The molecular weight excluding hydrogens is 575 g/mol. The number of ether oxygens (including phenoxy) is 1. The van der Waals surface area contributed by atoms with Crippen LogP contribution >= 0.6 is 46.2 Å². The maximum Gasteiger partial charge on any atom is 0.262 e. The molecule has 39 heavy (non-hydrogen) atoms. The third-order valence-corrected chi connectivity index (χ3v) is 11.2. The highest BCUT2D eigenvalue weighted by Crippen LogP contribution is 2.35. The van der Waals surface area contributed by atoms with Crippen molar-refractivity contribution in [3.05, 3.63) is 39.0 Å². The first kappa shape index (κ1) is 26.8. The average Bonchev–Trinajstić information content (AvgIpc) is 3.54. The Morgan fingerprint density at radius 1 is 1.08 bits per heavy atom. The fourth-order valence-corrected chi connectivity index (χ4v) is 8.88. The van der Waals surface area contributed by atoms with E-state index in [1.54, 1.807) is 23.0 Å². The topological polar surface area (TPSA) is 106 Å². The van der Waals surface area contributed by atoms with E-state index in [2.05, 4.69) is 10.3 Å². The number of thiophene rings is 1. The number of hydrogen-bond donors (Lipinski definition) is 1. The zero-order valence-electron chi connectivity index (χ0n) is 21.4. The number of thioether (sulfide) groups is 2. The molecule has 6 rings (SSSR count). The fourth-order valence-electron chi connectivity index (χ4n) is 4.79. The van der Waals surface area contributed by atoms with Crippen LogP contribution < -0.4 is 10.9 Å². The standard InChI is InChI=1S/C26H27N5O4S4/c1-30-24(34)22-16-4-2-3-5-18(16)38-23(22)29-25(30)36-13-20(32)27-15-6-7-17-19(12-15)39-26(28-17)37-14-21(33)31-8-10-35-11-9-31/h6-7,12H,2-5,8-11,13-14H2,1H3,(H,27,32). The van der Waals surface area contributed by atoms with Crippen molar-refractivity contribution in [3.63, 3.8) is 0 Å². The molecule has 0 unspecified atom stereocenters. The van der Waals surface area contributed by atoms with Crippen molar-refractivity contribution in [1.82, 2.24) is 19.4 Å². The van der Waals surface area contributed by atoms with Gasteiger partial charge in [-0.15, -0.1) is 22.7 Å². The van der Waals surface area contributed by atoms with Crippen LogP contribution in [0.25, 0.3) is 20.4 Å². The van der Waals surface area contributed by atoms with Crippen molar-refractivity contribution in [2.75, 3.05) is 43.1 Å². The number of nitrogens with zero attached hydrogens (tertiary/aromatic N) is 4. The van der Waals surface area contributed by atoms with E-state index in [4.69, 9.17) is 9.72 Å². The third kappa shape index (κ3) is 5.73. The lowest BCUT2D eigenvalue weighted by molar-refractivity contribution is -0.132. The Hall–Kier alpha value is -2.45. The minimum Gasteiger partial charge on any atom is -0.378 e. The Balaban J connectivity index is 1.08. The lowest BCUT2D eigenvalue weighted by atomic mass is 9.97. The quantitative estimate of drug-likeness (QED) is 0.249. The van der Waals surface area contributed by atoms with E-state index < -0.39 is 0 Å². The molecule has 1 aliphatic heterocycles. The second kappa shape index (κ2) is 11.6. The van der Waals surface area contributed by atoms with Crippen molar-refractivity contribution in [3.8, 4) is 0 Å². The van der Waals surface area contributed by atoms with Crippen molar-refractivity contribution in [2.24, 2.45) is 7.05 Å². The first-order chi connectivity index (χ1) is 19.0. The van der Waals surface area contributed by atoms with Gasteiger partial charge in [0.1, 0.15) is 4.83 Å². The number of hydrogen-bond acceptors (Lipinski definition) is 10. The molecule has 13 heteroatoms. The van der Waals surface area contributed by atoms with Gasteiger partial charge in [-0.2, -0.15) is 0 Å². The van der Waals surface area contributed by atoms with Crippen molar-refractivity contribution >= 4 is 84.1 Å². The van der Waals surface area contributed by atoms with E-state index in [1.807, 2.05) is 23.1 Å². The summed E-state index contributed by atoms with van der Waals surface area (Å²) in [5.74, 6) is 0.409. The highest BCUT2D eigenvalue weighted by Gasteiger charge is 2.22. The summed E-state index contributed by atoms with van der Waals surface area (Å²) in [4.78, 5) is 51.5. The molecule has 2 aliphatic rings. The van der Waals surface area contributed by atoms with Crippen molar-refractivity contribution in [1.29, 1.82) is 0 Å². The lowest BCUT2D eigenvalue weighted by Crippen LogP contribution is -2.41. The second-order valence-corrected chi connectivity index (χ2v) is 13.7. The number of aromatic nitrogens is 3. The predicted octanol–water partition coefficient (Wildman–Crippen LogP) is 4.17. The maximum atomic E-state index is 13.1. The minimum absolute atomic E-state index is 0.0294. The molecule has 1 aromatic carbocycles. The molecule has 0 atom stereocenters. The van der Waals surface area contributed by atoms with Gasteiger partial charge in [0.05, 0.1) is 40.3 Å². The van der Waals surface area contributed by atoms with Crippen molar-refractivity contribution < 1.29 is 14.3 Å². The van der Waals surface area contributed by atoms with Gasteiger partial charge in [-0.05, 0) is 49.4 Å². The molecule has 1 saturated heterocycles. The smallest absolute Gasteiger partial charge is 0.262 e. The Kier molecular flexibility index (Phi) is 7.94. The van der Waals surface area contributed by atoms with E-state index in [9.17, 15) is 14.4 Å². The van der Waals surface area contributed by atoms with E-state index in [0.29, 0.717) is 42.9 Å². The molecule has 0 radical (unpaired) electrons. The molecular formula is C26H27N5O4S4. The molecule has 1 N–H and O–H groups in total. The van der Waals surface area contributed by atoms with Crippen LogP contribution in [0.1, 0.15) is 23.3 Å². The molecule has 1 fully saturated rings. The van der Waals surface area contributed by atoms with Crippen LogP contribution in [0.4, 0.5) is 5.69 Å². The summed E-state index contributed by atoms with van der Waals surface area (Å²) < 4.78 is 8.64. The van der Waals surface area contributed by atoms with Gasteiger partial charge in [0.2, 0.25) is 11.8 Å². The van der Waals surface area contributed by atoms with E-state index >= 15 is 0 Å². The van der Waals surface area contributed by atoms with Gasteiger partial charge in [-0.1, -0.05) is 23.5 Å². The zero-order chi connectivity index (χ0) is 26.9. The number of morpholine rings is 1. The van der Waals surface area contributed by atoms with E-state index in [-0.39, 0.29) is 23.1 Å². The molecule has 2 amide bonds. The Morgan fingerprint density at radius 2 is 1.90 bits per heavy atom. The second-order valence-electron chi connectivity index (χ2n) is 9.43. The van der Waals surface area contributed by atoms with Crippen LogP contribution in [0.3, 0.4) is 0 Å². The Labute approximate surface area is 241 Å². The van der Waals surface area contributed by atoms with Gasteiger partial charge in [-0.25, -0.2) is 9.97 Å². The number of benzene rings is 1. The van der Waals surface area contributed by atoms with Crippen LogP contribution in [0.15, 0.2) is 32.5 Å². The SMILES string of the molecule is Cn1c(SCC(=O)Nc2ccc3nc(SCC(=O)N4CCOCC4)sc3c2)nc2sc3c(c2c1=O)CCCC3. The summed E-state index contributed by atoms with van der Waals surface area (Å²) >= 11 is 5.83. The molecule has 4 heterocycles. The van der Waals surface area contributed by atoms with Crippen molar-refractivity contribution in [2.45, 2.75) is 35.2 Å². The molecule has 4 aromatic rings. The van der Waals surface area contributed by atoms with Crippen LogP contribution in [-0.4, -0.2) is 69.1 Å². The molecule has 204 valence electrons. The van der Waals surface area contributed by atoms with E-state index in [0.717, 1.165) is 50.5 Å². The number of carbonyl (C=O) groups excluding carboxylic acids is 2. The number of carbonyl (C=O) groups is 2. The summed E-state index contributed by atoms with van der Waals surface area (Å²) in [7, 11) is 1.73. The molecule has 3 aromatic heterocycles.